The SMILES string of the molecule is CC.CCOC(=O)Cc1ccccc1CO. The second kappa shape index (κ2) is 8.92. The molecule has 0 bridgehead atoms. The maximum Gasteiger partial charge on any atom is 0.310 e. The molecular formula is C13H20O3. The zero-order valence-corrected chi connectivity index (χ0v) is 10.2. The standard InChI is InChI=1S/C11H14O3.C2H6/c1-2-14-11(13)7-9-5-3-4-6-10(9)8-12;1-2/h3-6,12H,2,7-8H2,1H3;1-2H3. The van der Waals surface area contributed by atoms with Gasteiger partial charge in [0.15, 0.2) is 0 Å². The Bertz CT molecular complexity index is 308. The highest BCUT2D eigenvalue weighted by atomic mass is 16.5. The average Bonchev–Trinajstić information content (AvgIpc) is 2.32. The minimum atomic E-state index is -0.256. The van der Waals surface area contributed by atoms with Crippen LogP contribution in [0.1, 0.15) is 31.9 Å². The molecule has 0 heterocycles. The number of hydrogen-bond donors (Lipinski definition) is 1. The first kappa shape index (κ1) is 14.6. The van der Waals surface area contributed by atoms with Gasteiger partial charge in [0, 0.05) is 0 Å². The highest BCUT2D eigenvalue weighted by molar-refractivity contribution is 5.73. The third-order valence-electron chi connectivity index (χ3n) is 1.93. The summed E-state index contributed by atoms with van der Waals surface area (Å²) in [6, 6.07) is 7.30. The average molecular weight is 224 g/mol. The first-order valence-corrected chi connectivity index (χ1v) is 5.61. The summed E-state index contributed by atoms with van der Waals surface area (Å²) in [5.41, 5.74) is 1.61. The molecule has 16 heavy (non-hydrogen) atoms. The van der Waals surface area contributed by atoms with Crippen LogP contribution in [-0.2, 0) is 22.6 Å². The van der Waals surface area contributed by atoms with E-state index in [9.17, 15) is 4.79 Å². The summed E-state index contributed by atoms with van der Waals surface area (Å²) >= 11 is 0. The number of aliphatic hydroxyl groups is 1. The van der Waals surface area contributed by atoms with Crippen molar-refractivity contribution in [2.45, 2.75) is 33.8 Å². The van der Waals surface area contributed by atoms with Gasteiger partial charge in [0.1, 0.15) is 0 Å². The number of carbonyl (C=O) groups is 1. The summed E-state index contributed by atoms with van der Waals surface area (Å²) in [7, 11) is 0. The van der Waals surface area contributed by atoms with Gasteiger partial charge in [-0.3, -0.25) is 4.79 Å². The van der Waals surface area contributed by atoms with E-state index in [2.05, 4.69) is 0 Å². The molecule has 0 unspecified atom stereocenters. The summed E-state index contributed by atoms with van der Waals surface area (Å²) in [6.07, 6.45) is 0.227. The number of esters is 1. The summed E-state index contributed by atoms with van der Waals surface area (Å²) in [5.74, 6) is -0.256. The number of aliphatic hydroxyl groups excluding tert-OH is 1. The molecule has 0 aromatic heterocycles. The second-order valence-electron chi connectivity index (χ2n) is 2.91. The van der Waals surface area contributed by atoms with Crippen molar-refractivity contribution in [3.63, 3.8) is 0 Å². The van der Waals surface area contributed by atoms with Crippen LogP contribution in [0.15, 0.2) is 24.3 Å². The lowest BCUT2D eigenvalue weighted by Gasteiger charge is -2.06. The van der Waals surface area contributed by atoms with Crippen LogP contribution >= 0.6 is 0 Å². The highest BCUT2D eigenvalue weighted by Crippen LogP contribution is 2.09. The molecule has 3 heteroatoms. The monoisotopic (exact) mass is 224 g/mol. The summed E-state index contributed by atoms with van der Waals surface area (Å²) in [4.78, 5) is 11.2. The van der Waals surface area contributed by atoms with Gasteiger partial charge < -0.3 is 9.84 Å². The Hall–Kier alpha value is -1.35. The fourth-order valence-electron chi connectivity index (χ4n) is 1.25. The van der Waals surface area contributed by atoms with Gasteiger partial charge in [0.25, 0.3) is 0 Å². The van der Waals surface area contributed by atoms with E-state index in [0.29, 0.717) is 6.61 Å². The number of rotatable bonds is 4. The van der Waals surface area contributed by atoms with Gasteiger partial charge >= 0.3 is 5.97 Å². The molecular weight excluding hydrogens is 204 g/mol. The fraction of sp³-hybridized carbons (Fsp3) is 0.462. The van der Waals surface area contributed by atoms with Crippen molar-refractivity contribution in [2.75, 3.05) is 6.61 Å². The zero-order chi connectivity index (χ0) is 12.4. The van der Waals surface area contributed by atoms with Crippen molar-refractivity contribution in [1.29, 1.82) is 0 Å². The van der Waals surface area contributed by atoms with Crippen LogP contribution in [0, 0.1) is 0 Å². The van der Waals surface area contributed by atoms with E-state index in [1.54, 1.807) is 13.0 Å². The maximum atomic E-state index is 11.2. The Balaban J connectivity index is 0.00000106. The molecule has 0 amide bonds. The van der Waals surface area contributed by atoms with Crippen molar-refractivity contribution in [3.05, 3.63) is 35.4 Å². The number of carbonyl (C=O) groups excluding carboxylic acids is 1. The van der Waals surface area contributed by atoms with Crippen molar-refractivity contribution < 1.29 is 14.6 Å². The molecule has 0 saturated heterocycles. The Morgan fingerprint density at radius 3 is 2.31 bits per heavy atom. The molecule has 0 aliphatic carbocycles. The molecule has 1 aromatic carbocycles. The predicted molar refractivity (Wildman–Crippen MR) is 64.0 cm³/mol. The fourth-order valence-corrected chi connectivity index (χ4v) is 1.25. The van der Waals surface area contributed by atoms with Crippen LogP contribution < -0.4 is 0 Å². The van der Waals surface area contributed by atoms with Gasteiger partial charge in [0.05, 0.1) is 19.6 Å². The molecule has 0 atom stereocenters. The van der Waals surface area contributed by atoms with E-state index < -0.39 is 0 Å². The van der Waals surface area contributed by atoms with Crippen molar-refractivity contribution >= 4 is 5.97 Å². The molecule has 1 aromatic rings. The van der Waals surface area contributed by atoms with E-state index in [0.717, 1.165) is 11.1 Å². The van der Waals surface area contributed by atoms with E-state index >= 15 is 0 Å². The summed E-state index contributed by atoms with van der Waals surface area (Å²) < 4.78 is 4.82. The van der Waals surface area contributed by atoms with Crippen molar-refractivity contribution in [3.8, 4) is 0 Å². The predicted octanol–water partition coefficient (Wildman–Crippen LogP) is 2.31. The van der Waals surface area contributed by atoms with Crippen LogP contribution in [0.5, 0.6) is 0 Å². The molecule has 0 fully saturated rings. The first-order valence-electron chi connectivity index (χ1n) is 5.61. The molecule has 3 nitrogen and oxygen atoms in total. The molecule has 1 rings (SSSR count). The number of hydrogen-bond acceptors (Lipinski definition) is 3. The molecule has 0 spiro atoms. The Morgan fingerprint density at radius 2 is 1.81 bits per heavy atom. The molecule has 90 valence electrons. The van der Waals surface area contributed by atoms with Crippen LogP contribution in [0.2, 0.25) is 0 Å². The lowest BCUT2D eigenvalue weighted by atomic mass is 10.1. The Morgan fingerprint density at radius 1 is 1.25 bits per heavy atom. The van der Waals surface area contributed by atoms with E-state index in [1.165, 1.54) is 0 Å². The van der Waals surface area contributed by atoms with Gasteiger partial charge in [-0.05, 0) is 18.1 Å². The van der Waals surface area contributed by atoms with Crippen LogP contribution in [0.4, 0.5) is 0 Å². The Kier molecular flexibility index (Phi) is 8.17. The lowest BCUT2D eigenvalue weighted by molar-refractivity contribution is -0.142. The molecule has 1 N–H and O–H groups in total. The normalized spacial score (nSPS) is 9.00. The summed E-state index contributed by atoms with van der Waals surface area (Å²) in [6.45, 7) is 6.12. The van der Waals surface area contributed by atoms with Crippen molar-refractivity contribution in [2.24, 2.45) is 0 Å². The zero-order valence-electron chi connectivity index (χ0n) is 10.2. The number of benzene rings is 1. The lowest BCUT2D eigenvalue weighted by Crippen LogP contribution is -2.09. The molecule has 0 radical (unpaired) electrons. The van der Waals surface area contributed by atoms with E-state index in [1.807, 2.05) is 32.0 Å². The maximum absolute atomic E-state index is 11.2. The van der Waals surface area contributed by atoms with E-state index in [4.69, 9.17) is 9.84 Å². The van der Waals surface area contributed by atoms with Gasteiger partial charge in [-0.25, -0.2) is 0 Å². The van der Waals surface area contributed by atoms with Gasteiger partial charge in [-0.2, -0.15) is 0 Å². The highest BCUT2D eigenvalue weighted by Gasteiger charge is 2.06. The summed E-state index contributed by atoms with van der Waals surface area (Å²) in [5, 5.41) is 9.01. The topological polar surface area (TPSA) is 46.5 Å². The smallest absolute Gasteiger partial charge is 0.310 e. The van der Waals surface area contributed by atoms with Gasteiger partial charge in [-0.1, -0.05) is 38.1 Å². The van der Waals surface area contributed by atoms with Crippen LogP contribution in [0.25, 0.3) is 0 Å². The largest absolute Gasteiger partial charge is 0.466 e. The number of ether oxygens (including phenoxy) is 1. The third-order valence-corrected chi connectivity index (χ3v) is 1.93. The van der Waals surface area contributed by atoms with Crippen LogP contribution in [0.3, 0.4) is 0 Å². The second-order valence-corrected chi connectivity index (χ2v) is 2.91. The molecule has 0 aliphatic rings. The molecule has 0 aliphatic heterocycles. The quantitative estimate of drug-likeness (QED) is 0.798. The van der Waals surface area contributed by atoms with Crippen LogP contribution in [-0.4, -0.2) is 17.7 Å². The minimum Gasteiger partial charge on any atom is -0.466 e. The molecule has 0 saturated carbocycles. The van der Waals surface area contributed by atoms with Crippen molar-refractivity contribution in [1.82, 2.24) is 0 Å². The third kappa shape index (κ3) is 4.94. The minimum absolute atomic E-state index is 0.0461. The first-order chi connectivity index (χ1) is 7.77. The van der Waals surface area contributed by atoms with Gasteiger partial charge in [0.2, 0.25) is 0 Å². The van der Waals surface area contributed by atoms with E-state index in [-0.39, 0.29) is 19.0 Å². The van der Waals surface area contributed by atoms with Gasteiger partial charge in [-0.15, -0.1) is 0 Å². The Labute approximate surface area is 97.1 Å².